The number of methoxy groups -OCH3 is 1. The van der Waals surface area contributed by atoms with Crippen LogP contribution in [0.25, 0.3) is 54.1 Å². The van der Waals surface area contributed by atoms with Gasteiger partial charge in [0.05, 0.1) is 34.1 Å². The normalized spacial score (nSPS) is 12.6. The summed E-state index contributed by atoms with van der Waals surface area (Å²) in [5, 5.41) is 3.10. The number of carbonyl (C=O) groups excluding carboxylic acids is 2. The van der Waals surface area contributed by atoms with Crippen molar-refractivity contribution < 1.29 is 27.3 Å². The lowest BCUT2D eigenvalue weighted by Gasteiger charge is -2.23. The number of pyridine rings is 2. The highest BCUT2D eigenvalue weighted by Gasteiger charge is 2.26. The first-order valence-electron chi connectivity index (χ1n) is 13.2. The van der Waals surface area contributed by atoms with Crippen LogP contribution in [0.15, 0.2) is 77.5 Å². The van der Waals surface area contributed by atoms with Crippen LogP contribution in [0.5, 0.6) is 5.88 Å². The highest BCUT2D eigenvalue weighted by molar-refractivity contribution is 8.13. The third kappa shape index (κ3) is 4.97. The van der Waals surface area contributed by atoms with Gasteiger partial charge in [-0.3, -0.25) is 18.9 Å². The van der Waals surface area contributed by atoms with Gasteiger partial charge in [-0.05, 0) is 60.5 Å². The maximum atomic E-state index is 13.7. The molecule has 1 unspecified atom stereocenters. The first kappa shape index (κ1) is 29.0. The van der Waals surface area contributed by atoms with Gasteiger partial charge >= 0.3 is 0 Å². The summed E-state index contributed by atoms with van der Waals surface area (Å²) in [4.78, 5) is 34.9. The van der Waals surface area contributed by atoms with Gasteiger partial charge < -0.3 is 14.5 Å². The van der Waals surface area contributed by atoms with Gasteiger partial charge in [0.2, 0.25) is 11.5 Å². The molecule has 0 saturated heterocycles. The zero-order chi connectivity index (χ0) is 31.2. The molecule has 4 aromatic heterocycles. The van der Waals surface area contributed by atoms with Gasteiger partial charge in [-0.15, -0.1) is 11.3 Å². The van der Waals surface area contributed by atoms with Crippen LogP contribution in [0, 0.1) is 5.82 Å². The van der Waals surface area contributed by atoms with Crippen LogP contribution < -0.4 is 14.4 Å². The molecule has 0 aliphatic heterocycles. The van der Waals surface area contributed by atoms with Gasteiger partial charge in [-0.1, -0.05) is 0 Å². The van der Waals surface area contributed by atoms with Crippen molar-refractivity contribution in [2.24, 2.45) is 0 Å². The van der Waals surface area contributed by atoms with Gasteiger partial charge in [0.15, 0.2) is 0 Å². The fraction of sp³-hybridized carbons (Fsp3) is 0.0938. The number of aromatic nitrogens is 2. The second-order valence-corrected chi connectivity index (χ2v) is 13.0. The Bertz CT molecular complexity index is 2160. The quantitative estimate of drug-likeness (QED) is 0.158. The Morgan fingerprint density at radius 2 is 1.89 bits per heavy atom. The molecule has 2 aromatic carbocycles. The number of nitrogens with zero attached hydrogens (tertiary/aromatic N) is 3. The standard InChI is InChI=1S/C32H25FN4O5S2/c1-34-31(39)29-22-13-21(19-12-23(32(41-3)36-16-19)28-14-24-27(43-28)6-5-11-35-24)25(37(2)44(4,40)17-38)15-26(22)42-30(29)18-7-9-20(33)10-8-18/h5-17H,4H2,1-3H3,(H,34,39). The number of carbonyl (C=O) groups is 2. The molecule has 0 aliphatic carbocycles. The van der Waals surface area contributed by atoms with Crippen molar-refractivity contribution in [3.05, 3.63) is 84.4 Å². The molecule has 1 N–H and O–H groups in total. The zero-order valence-electron chi connectivity index (χ0n) is 23.8. The largest absolute Gasteiger partial charge is 0.481 e. The van der Waals surface area contributed by atoms with E-state index in [1.807, 2.05) is 24.3 Å². The number of nitrogens with one attached hydrogen (secondary N) is 1. The molecule has 4 heterocycles. The maximum absolute atomic E-state index is 13.7. The molecule has 222 valence electrons. The molecule has 0 fully saturated rings. The number of thiophene rings is 1. The number of rotatable bonds is 8. The van der Waals surface area contributed by atoms with Crippen LogP contribution in [-0.2, 0) is 14.5 Å². The van der Waals surface area contributed by atoms with Gasteiger partial charge in [0, 0.05) is 59.5 Å². The minimum atomic E-state index is -3.39. The fourth-order valence-corrected chi connectivity index (χ4v) is 6.59. The molecule has 6 rings (SSSR count). The molecule has 1 amide bonds. The summed E-state index contributed by atoms with van der Waals surface area (Å²) in [6, 6.07) is 16.6. The van der Waals surface area contributed by atoms with E-state index < -0.39 is 21.4 Å². The minimum absolute atomic E-state index is 0.224. The number of hydrogen-bond acceptors (Lipinski definition) is 8. The highest BCUT2D eigenvalue weighted by atomic mass is 32.2. The van der Waals surface area contributed by atoms with Crippen LogP contribution in [0.1, 0.15) is 10.4 Å². The van der Waals surface area contributed by atoms with Crippen LogP contribution in [0.3, 0.4) is 0 Å². The average molecular weight is 629 g/mol. The summed E-state index contributed by atoms with van der Waals surface area (Å²) in [5.74, 6) is 3.39. The minimum Gasteiger partial charge on any atom is -0.481 e. The topological polar surface area (TPSA) is 115 Å². The smallest absolute Gasteiger partial charge is 0.255 e. The maximum Gasteiger partial charge on any atom is 0.255 e. The van der Waals surface area contributed by atoms with Crippen molar-refractivity contribution in [3.63, 3.8) is 0 Å². The van der Waals surface area contributed by atoms with Crippen molar-refractivity contribution in [1.29, 1.82) is 0 Å². The van der Waals surface area contributed by atoms with E-state index in [-0.39, 0.29) is 16.9 Å². The van der Waals surface area contributed by atoms with E-state index in [0.29, 0.717) is 44.8 Å². The zero-order valence-corrected chi connectivity index (χ0v) is 25.4. The first-order chi connectivity index (χ1) is 21.1. The molecular weight excluding hydrogens is 604 g/mol. The summed E-state index contributed by atoms with van der Waals surface area (Å²) in [6.07, 6.45) is 3.32. The van der Waals surface area contributed by atoms with Crippen molar-refractivity contribution in [2.45, 2.75) is 0 Å². The third-order valence-electron chi connectivity index (χ3n) is 7.23. The predicted molar refractivity (Wildman–Crippen MR) is 174 cm³/mol. The van der Waals surface area contributed by atoms with E-state index in [9.17, 15) is 18.2 Å². The van der Waals surface area contributed by atoms with E-state index in [1.165, 1.54) is 61.1 Å². The Hall–Kier alpha value is -5.07. The SMILES string of the molecule is C=S(=O)(C=O)N(C)c1cc2oc(-c3ccc(F)cc3)c(C(=O)NC)c2cc1-c1cnc(OC)c(-c2cc3ncccc3s2)c1. The van der Waals surface area contributed by atoms with Crippen molar-refractivity contribution in [1.82, 2.24) is 15.3 Å². The van der Waals surface area contributed by atoms with Gasteiger partial charge in [0.1, 0.15) is 26.9 Å². The number of fused-ring (bicyclic) bond motifs is 2. The Balaban J connectivity index is 1.65. The molecular formula is C32H25FN4O5S2. The Morgan fingerprint density at radius 3 is 2.57 bits per heavy atom. The lowest BCUT2D eigenvalue weighted by atomic mass is 9.98. The number of ether oxygens (including phenoxy) is 1. The lowest BCUT2D eigenvalue weighted by Crippen LogP contribution is -2.27. The van der Waals surface area contributed by atoms with E-state index in [1.54, 1.807) is 24.5 Å². The lowest BCUT2D eigenvalue weighted by molar-refractivity contribution is 0.0964. The van der Waals surface area contributed by atoms with E-state index in [2.05, 4.69) is 21.2 Å². The Morgan fingerprint density at radius 1 is 1.11 bits per heavy atom. The van der Waals surface area contributed by atoms with Crippen molar-refractivity contribution in [2.75, 3.05) is 25.5 Å². The van der Waals surface area contributed by atoms with E-state index in [0.717, 1.165) is 15.1 Å². The number of halogens is 1. The van der Waals surface area contributed by atoms with Crippen LogP contribution in [-0.4, -0.2) is 52.8 Å². The van der Waals surface area contributed by atoms with Crippen LogP contribution in [0.2, 0.25) is 0 Å². The number of hydrogen-bond donors (Lipinski definition) is 1. The first-order valence-corrected chi connectivity index (χ1v) is 15.8. The molecule has 44 heavy (non-hydrogen) atoms. The summed E-state index contributed by atoms with van der Waals surface area (Å²) in [5.41, 5.74) is 4.25. The number of benzene rings is 2. The fourth-order valence-electron chi connectivity index (χ4n) is 4.95. The number of amides is 1. The molecule has 0 saturated carbocycles. The van der Waals surface area contributed by atoms with Gasteiger partial charge in [-0.2, -0.15) is 0 Å². The van der Waals surface area contributed by atoms with Crippen LogP contribution in [0.4, 0.5) is 10.1 Å². The molecule has 9 nitrogen and oxygen atoms in total. The molecule has 0 radical (unpaired) electrons. The molecule has 0 bridgehead atoms. The van der Waals surface area contributed by atoms with Crippen molar-refractivity contribution in [3.8, 4) is 38.8 Å². The van der Waals surface area contributed by atoms with Crippen LogP contribution >= 0.6 is 11.3 Å². The summed E-state index contributed by atoms with van der Waals surface area (Å²) < 4.78 is 41.0. The average Bonchev–Trinajstić information content (AvgIpc) is 3.65. The second-order valence-electron chi connectivity index (χ2n) is 9.82. The predicted octanol–water partition coefficient (Wildman–Crippen LogP) is 6.20. The van der Waals surface area contributed by atoms with E-state index in [4.69, 9.17) is 9.15 Å². The summed E-state index contributed by atoms with van der Waals surface area (Å²) in [7, 11) is 1.14. The second kappa shape index (κ2) is 11.2. The molecule has 1 atom stereocenters. The highest BCUT2D eigenvalue weighted by Crippen LogP contribution is 2.44. The van der Waals surface area contributed by atoms with Gasteiger partial charge in [0.25, 0.3) is 5.91 Å². The summed E-state index contributed by atoms with van der Waals surface area (Å²) >= 11 is 1.53. The molecule has 12 heteroatoms. The third-order valence-corrected chi connectivity index (χ3v) is 9.78. The summed E-state index contributed by atoms with van der Waals surface area (Å²) in [6.45, 7) is 0. The molecule has 0 aliphatic rings. The monoisotopic (exact) mass is 628 g/mol. The molecule has 6 aromatic rings. The number of anilines is 1. The Kier molecular flexibility index (Phi) is 7.39. The van der Waals surface area contributed by atoms with E-state index >= 15 is 0 Å². The number of furan rings is 1. The van der Waals surface area contributed by atoms with Gasteiger partial charge in [-0.25, -0.2) is 13.6 Å². The van der Waals surface area contributed by atoms with Crippen molar-refractivity contribution >= 4 is 65.3 Å². The molecule has 0 spiro atoms. The Labute approximate surface area is 256 Å².